The number of hydrogen-bond acceptors (Lipinski definition) is 5. The molecule has 0 radical (unpaired) electrons. The Morgan fingerprint density at radius 3 is 2.50 bits per heavy atom. The van der Waals surface area contributed by atoms with Gasteiger partial charge >= 0.3 is 11.7 Å². The Morgan fingerprint density at radius 2 is 1.95 bits per heavy atom. The van der Waals surface area contributed by atoms with Crippen LogP contribution in [0.4, 0.5) is 0 Å². The van der Waals surface area contributed by atoms with Crippen LogP contribution >= 0.6 is 0 Å². The van der Waals surface area contributed by atoms with Crippen molar-refractivity contribution in [2.45, 2.75) is 6.54 Å². The maximum absolute atomic E-state index is 12.0. The Kier molecular flexibility index (Phi) is 3.45. The molecule has 1 N–H and O–H groups in total. The summed E-state index contributed by atoms with van der Waals surface area (Å²) in [6.45, 7) is 0.407. The first-order valence-corrected chi connectivity index (χ1v) is 5.78. The number of carboxylic acid groups (broad SMARTS) is 1. The summed E-state index contributed by atoms with van der Waals surface area (Å²) in [4.78, 5) is 39.0. The number of aromatic carboxylic acids is 1. The zero-order chi connectivity index (χ0) is 15.0. The van der Waals surface area contributed by atoms with E-state index in [1.165, 1.54) is 30.3 Å². The summed E-state index contributed by atoms with van der Waals surface area (Å²) in [7, 11) is 4.25. The molecule has 9 nitrogen and oxygen atoms in total. The van der Waals surface area contributed by atoms with Crippen molar-refractivity contribution in [1.82, 2.24) is 18.7 Å². The summed E-state index contributed by atoms with van der Waals surface area (Å²) in [5, 5.41) is 9.17. The molecule has 0 amide bonds. The number of nitrogens with zero attached hydrogens (tertiary/aromatic N) is 4. The molecule has 2 aromatic rings. The van der Waals surface area contributed by atoms with Crippen molar-refractivity contribution in [3.8, 4) is 0 Å². The second-order valence-electron chi connectivity index (χ2n) is 4.26. The quantitative estimate of drug-likeness (QED) is 0.753. The molecule has 0 aromatic carbocycles. The summed E-state index contributed by atoms with van der Waals surface area (Å²) < 4.78 is 8.30. The van der Waals surface area contributed by atoms with Gasteiger partial charge in [-0.15, -0.1) is 0 Å². The van der Waals surface area contributed by atoms with Gasteiger partial charge in [0.25, 0.3) is 5.56 Å². The number of imidazole rings is 1. The molecule has 2 aromatic heterocycles. The molecule has 0 spiro atoms. The van der Waals surface area contributed by atoms with E-state index in [4.69, 9.17) is 9.84 Å². The predicted molar refractivity (Wildman–Crippen MR) is 69.1 cm³/mol. The zero-order valence-corrected chi connectivity index (χ0v) is 11.3. The first-order valence-electron chi connectivity index (χ1n) is 5.78. The molecular weight excluding hydrogens is 268 g/mol. The number of methoxy groups -OCH3 is 1. The zero-order valence-electron chi connectivity index (χ0n) is 11.3. The molecule has 9 heteroatoms. The maximum Gasteiger partial charge on any atom is 0.372 e. The van der Waals surface area contributed by atoms with Gasteiger partial charge < -0.3 is 14.4 Å². The molecule has 0 aliphatic rings. The summed E-state index contributed by atoms with van der Waals surface area (Å²) in [6.07, 6.45) is 0. The minimum Gasteiger partial charge on any atom is -0.475 e. The number of fused-ring (bicyclic) bond motifs is 1. The highest BCUT2D eigenvalue weighted by Gasteiger charge is 2.22. The minimum atomic E-state index is -1.27. The third-order valence-corrected chi connectivity index (χ3v) is 3.05. The largest absolute Gasteiger partial charge is 0.475 e. The number of carboxylic acids is 1. The number of carbonyl (C=O) groups is 1. The lowest BCUT2D eigenvalue weighted by molar-refractivity contribution is 0.0676. The Labute approximate surface area is 112 Å². The Morgan fingerprint density at radius 1 is 1.30 bits per heavy atom. The lowest BCUT2D eigenvalue weighted by Gasteiger charge is -2.09. The Bertz CT molecular complexity index is 798. The van der Waals surface area contributed by atoms with Crippen LogP contribution in [0.15, 0.2) is 9.59 Å². The van der Waals surface area contributed by atoms with Crippen LogP contribution < -0.4 is 11.2 Å². The first kappa shape index (κ1) is 14.0. The van der Waals surface area contributed by atoms with E-state index in [0.29, 0.717) is 0 Å². The predicted octanol–water partition coefficient (Wildman–Crippen LogP) is -1.22. The second kappa shape index (κ2) is 4.93. The smallest absolute Gasteiger partial charge is 0.372 e. The summed E-state index contributed by atoms with van der Waals surface area (Å²) >= 11 is 0. The number of aromatic nitrogens is 4. The van der Waals surface area contributed by atoms with E-state index in [0.717, 1.165) is 4.57 Å². The van der Waals surface area contributed by atoms with E-state index >= 15 is 0 Å². The normalized spacial score (nSPS) is 11.2. The van der Waals surface area contributed by atoms with Gasteiger partial charge in [-0.2, -0.15) is 0 Å². The van der Waals surface area contributed by atoms with E-state index in [9.17, 15) is 14.4 Å². The highest BCUT2D eigenvalue weighted by atomic mass is 16.5. The summed E-state index contributed by atoms with van der Waals surface area (Å²) in [6, 6.07) is 0. The molecule has 0 aliphatic heterocycles. The molecule has 0 aliphatic carbocycles. The molecule has 2 heterocycles. The van der Waals surface area contributed by atoms with Crippen molar-refractivity contribution in [3.63, 3.8) is 0 Å². The average Bonchev–Trinajstić information content (AvgIpc) is 2.80. The van der Waals surface area contributed by atoms with E-state index in [1.54, 1.807) is 0 Å². The van der Waals surface area contributed by atoms with Crippen molar-refractivity contribution in [3.05, 3.63) is 26.7 Å². The Balaban J connectivity index is 2.93. The van der Waals surface area contributed by atoms with Crippen molar-refractivity contribution < 1.29 is 14.6 Å². The molecular formula is C11H14N4O5. The molecule has 20 heavy (non-hydrogen) atoms. The third-order valence-electron chi connectivity index (χ3n) is 3.05. The first-order chi connectivity index (χ1) is 9.40. The van der Waals surface area contributed by atoms with Crippen LogP contribution in [0.5, 0.6) is 0 Å². The number of rotatable bonds is 4. The van der Waals surface area contributed by atoms with Crippen molar-refractivity contribution in [2.24, 2.45) is 14.1 Å². The highest BCUT2D eigenvalue weighted by molar-refractivity contribution is 5.88. The van der Waals surface area contributed by atoms with Crippen LogP contribution in [-0.4, -0.2) is 43.5 Å². The van der Waals surface area contributed by atoms with Crippen LogP contribution in [-0.2, 0) is 25.4 Å². The Hall–Kier alpha value is -2.42. The molecule has 108 valence electrons. The van der Waals surface area contributed by atoms with Crippen molar-refractivity contribution >= 4 is 17.1 Å². The third kappa shape index (κ3) is 1.92. The van der Waals surface area contributed by atoms with Crippen LogP contribution in [0.2, 0.25) is 0 Å². The molecule has 2 rings (SSSR count). The van der Waals surface area contributed by atoms with Gasteiger partial charge in [-0.3, -0.25) is 13.9 Å². The molecule has 0 atom stereocenters. The fourth-order valence-corrected chi connectivity index (χ4v) is 2.05. The minimum absolute atomic E-state index is 0.0527. The van der Waals surface area contributed by atoms with Gasteiger partial charge in [-0.25, -0.2) is 14.6 Å². The van der Waals surface area contributed by atoms with Gasteiger partial charge in [0.05, 0.1) is 6.61 Å². The monoisotopic (exact) mass is 282 g/mol. The molecule has 0 saturated heterocycles. The van der Waals surface area contributed by atoms with E-state index < -0.39 is 17.2 Å². The fraction of sp³-hybridized carbons (Fsp3) is 0.455. The van der Waals surface area contributed by atoms with Crippen LogP contribution in [0, 0.1) is 0 Å². The van der Waals surface area contributed by atoms with Crippen molar-refractivity contribution in [2.75, 3.05) is 13.7 Å². The lowest BCUT2D eigenvalue weighted by atomic mass is 10.5. The fourth-order valence-electron chi connectivity index (χ4n) is 2.05. The lowest BCUT2D eigenvalue weighted by Crippen LogP contribution is -2.37. The van der Waals surface area contributed by atoms with Gasteiger partial charge in [-0.05, 0) is 0 Å². The van der Waals surface area contributed by atoms with Gasteiger partial charge in [-0.1, -0.05) is 0 Å². The summed E-state index contributed by atoms with van der Waals surface area (Å²) in [5.41, 5.74) is -1.05. The van der Waals surface area contributed by atoms with Gasteiger partial charge in [0.2, 0.25) is 5.82 Å². The average molecular weight is 282 g/mol. The van der Waals surface area contributed by atoms with E-state index in [2.05, 4.69) is 4.98 Å². The van der Waals surface area contributed by atoms with Crippen LogP contribution in [0.1, 0.15) is 10.6 Å². The number of hydrogen-bond donors (Lipinski definition) is 1. The molecule has 0 unspecified atom stereocenters. The molecule has 0 saturated carbocycles. The standard InChI is InChI=1S/C11H14N4O5/c1-13-8-6(9(16)14(2)11(13)19)12-7(10(17)18)15(8)4-5-20-3/h4-5H2,1-3H3,(H,17,18). The molecule has 0 bridgehead atoms. The van der Waals surface area contributed by atoms with Crippen LogP contribution in [0.25, 0.3) is 11.2 Å². The van der Waals surface area contributed by atoms with E-state index in [1.807, 2.05) is 0 Å². The topological polar surface area (TPSA) is 108 Å². The van der Waals surface area contributed by atoms with Gasteiger partial charge in [0.15, 0.2) is 11.2 Å². The SMILES string of the molecule is COCCn1c(C(=O)O)nc2c(=O)n(C)c(=O)n(C)c21. The second-order valence-corrected chi connectivity index (χ2v) is 4.26. The van der Waals surface area contributed by atoms with Gasteiger partial charge in [0.1, 0.15) is 0 Å². The molecule has 0 fully saturated rings. The number of aryl methyl sites for hydroxylation is 1. The highest BCUT2D eigenvalue weighted by Crippen LogP contribution is 2.11. The van der Waals surface area contributed by atoms with E-state index in [-0.39, 0.29) is 30.1 Å². The van der Waals surface area contributed by atoms with Crippen molar-refractivity contribution in [1.29, 1.82) is 0 Å². The van der Waals surface area contributed by atoms with Gasteiger partial charge in [0, 0.05) is 27.7 Å². The maximum atomic E-state index is 12.0. The number of ether oxygens (including phenoxy) is 1. The van der Waals surface area contributed by atoms with Crippen LogP contribution in [0.3, 0.4) is 0 Å². The summed E-state index contributed by atoms with van der Waals surface area (Å²) in [5.74, 6) is -1.57.